The molecule has 27 heteroatoms. The molecule has 4 atom stereocenters. The molecule has 456 valence electrons. The van der Waals surface area contributed by atoms with E-state index in [1.54, 1.807) is 0 Å². The van der Waals surface area contributed by atoms with Crippen molar-refractivity contribution in [3.05, 3.63) is 95.1 Å². The number of nitrogens with two attached hydrogens (primary N) is 6. The number of methoxy groups -OCH3 is 3. The van der Waals surface area contributed by atoms with E-state index in [4.69, 9.17) is 62.8 Å². The van der Waals surface area contributed by atoms with E-state index in [9.17, 15) is 48.3 Å². The Kier molecular flexibility index (Phi) is 28.3. The Morgan fingerprint density at radius 3 is 1.27 bits per heavy atom. The van der Waals surface area contributed by atoms with Crippen molar-refractivity contribution in [3.63, 3.8) is 0 Å². The Bertz CT molecular complexity index is 2930. The van der Waals surface area contributed by atoms with Crippen LogP contribution >= 0.6 is 0 Å². The van der Waals surface area contributed by atoms with Gasteiger partial charge < -0.3 is 94.5 Å². The van der Waals surface area contributed by atoms with Crippen molar-refractivity contribution in [2.24, 2.45) is 34.4 Å². The van der Waals surface area contributed by atoms with Crippen LogP contribution in [0.3, 0.4) is 0 Å². The summed E-state index contributed by atoms with van der Waals surface area (Å²) in [5, 5.41) is 22.8. The highest BCUT2D eigenvalue weighted by molar-refractivity contribution is 6.06. The number of nitrogens with one attached hydrogen (secondary N) is 5. The second kappa shape index (κ2) is 35.2. The lowest BCUT2D eigenvalue weighted by molar-refractivity contribution is -0.139. The molecule has 4 aromatic carbocycles. The van der Waals surface area contributed by atoms with Gasteiger partial charge in [0.25, 0.3) is 23.6 Å². The largest absolute Gasteiger partial charge is 0.496 e. The van der Waals surface area contributed by atoms with Gasteiger partial charge in [-0.1, -0.05) is 6.42 Å². The highest BCUT2D eigenvalue weighted by Crippen LogP contribution is 2.29. The van der Waals surface area contributed by atoms with Crippen molar-refractivity contribution in [2.45, 2.75) is 101 Å². The quantitative estimate of drug-likeness (QED) is 0.0175. The molecule has 27 nitrogen and oxygen atoms in total. The van der Waals surface area contributed by atoms with Crippen LogP contribution in [0, 0.1) is 0 Å². The number of anilines is 2. The number of esters is 2. The first kappa shape index (κ1) is 67.6. The normalized spacial score (nSPS) is 12.2. The molecule has 6 amide bonds. The van der Waals surface area contributed by atoms with Crippen LogP contribution in [0.2, 0.25) is 0 Å². The molecule has 18 N–H and O–H groups in total. The number of hydrogen-bond donors (Lipinski definition) is 12. The smallest absolute Gasteiger partial charge is 0.341 e. The molecular formula is C57H77N11O16. The number of hydrogen-bond acceptors (Lipinski definition) is 20. The van der Waals surface area contributed by atoms with Crippen molar-refractivity contribution in [2.75, 3.05) is 64.7 Å². The number of rotatable bonds is 37. The van der Waals surface area contributed by atoms with Crippen LogP contribution in [0.4, 0.5) is 11.4 Å². The van der Waals surface area contributed by atoms with Crippen LogP contribution in [0.5, 0.6) is 34.5 Å². The first-order valence-electron chi connectivity index (χ1n) is 27.2. The molecule has 0 aliphatic carbocycles. The molecule has 0 aliphatic heterocycles. The van der Waals surface area contributed by atoms with Crippen LogP contribution < -0.4 is 89.4 Å². The number of carbonyl (C=O) groups is 9. The van der Waals surface area contributed by atoms with Crippen LogP contribution in [0.1, 0.15) is 118 Å². The molecule has 0 fully saturated rings. The summed E-state index contributed by atoms with van der Waals surface area (Å²) in [5.41, 5.74) is 34.1. The predicted molar refractivity (Wildman–Crippen MR) is 309 cm³/mol. The average molecular weight is 1170 g/mol. The molecule has 0 heterocycles. The second-order valence-corrected chi connectivity index (χ2v) is 19.0. The predicted octanol–water partition coefficient (Wildman–Crippen LogP) is 2.20. The maximum Gasteiger partial charge on any atom is 0.341 e. The molecule has 0 aliphatic rings. The van der Waals surface area contributed by atoms with E-state index in [-0.39, 0.29) is 107 Å². The lowest BCUT2D eigenvalue weighted by Gasteiger charge is -2.21. The van der Waals surface area contributed by atoms with Gasteiger partial charge in [0.2, 0.25) is 11.8 Å². The number of benzene rings is 4. The lowest BCUT2D eigenvalue weighted by atomic mass is 10.1. The minimum Gasteiger partial charge on any atom is -0.496 e. The lowest BCUT2D eigenvalue weighted by Crippen LogP contribution is -2.44. The number of amides is 6. The van der Waals surface area contributed by atoms with Gasteiger partial charge in [-0.05, 0) is 170 Å². The summed E-state index contributed by atoms with van der Waals surface area (Å²) < 4.78 is 32.7. The van der Waals surface area contributed by atoms with Gasteiger partial charge in [0.05, 0.1) is 43.6 Å². The van der Waals surface area contributed by atoms with Gasteiger partial charge in [-0.3, -0.25) is 28.8 Å². The molecule has 0 radical (unpaired) electrons. The van der Waals surface area contributed by atoms with Crippen molar-refractivity contribution in [1.82, 2.24) is 16.0 Å². The number of carboxylic acids is 1. The molecule has 0 bridgehead atoms. The van der Waals surface area contributed by atoms with Gasteiger partial charge in [0.1, 0.15) is 58.7 Å². The fourth-order valence-electron chi connectivity index (χ4n) is 8.32. The van der Waals surface area contributed by atoms with E-state index in [1.807, 2.05) is 0 Å². The number of aliphatic carboxylic acids is 1. The summed E-state index contributed by atoms with van der Waals surface area (Å²) in [6, 6.07) is 11.3. The summed E-state index contributed by atoms with van der Waals surface area (Å²) >= 11 is 0. The third-order valence-corrected chi connectivity index (χ3v) is 12.8. The van der Waals surface area contributed by atoms with Crippen molar-refractivity contribution in [1.29, 1.82) is 0 Å². The second-order valence-electron chi connectivity index (χ2n) is 19.0. The standard InChI is InChI=1S/C57H77N11O16/c1-79-45-20-16-33(28-37(45)50(63)71)64-54(75)42(13-5-9-25-59)66-51(72)38-29-34(17-21-46(38)80-2)65-55(76)43(14-6-10-26-60)67-52(73)39-30-36(18-22-47(39)81-3)84-57(78)44(15-7-11-27-61)68-53(74)40-31-35(19-23-48(40)82-32-49(69)70)83-56(77)41(62)12-4-8-24-58/h16-23,28-31,41-44H,4-15,24-27,32,58-62H2,1-3H3,(H2,63,71)(H,64,75)(H,65,76)(H,66,72)(H,67,73)(H,68,74)(H,69,70)/t41-,42-,43-,44-/m0/s1. The van der Waals surface area contributed by atoms with Crippen molar-refractivity contribution >= 4 is 64.7 Å². The van der Waals surface area contributed by atoms with Gasteiger partial charge in [0, 0.05) is 11.4 Å². The van der Waals surface area contributed by atoms with E-state index in [1.165, 1.54) is 88.1 Å². The number of unbranched alkanes of at least 4 members (excludes halogenated alkanes) is 4. The molecule has 0 unspecified atom stereocenters. The number of carbonyl (C=O) groups excluding carboxylic acids is 8. The molecule has 0 saturated heterocycles. The molecule has 4 aromatic rings. The van der Waals surface area contributed by atoms with E-state index in [0.29, 0.717) is 64.5 Å². The summed E-state index contributed by atoms with van der Waals surface area (Å²) in [5.74, 6) is -7.96. The molecular weight excluding hydrogens is 1090 g/mol. The zero-order chi connectivity index (χ0) is 61.7. The average Bonchev–Trinajstić information content (AvgIpc) is 3.68. The molecule has 0 saturated carbocycles. The molecule has 0 aromatic heterocycles. The summed E-state index contributed by atoms with van der Waals surface area (Å²) in [6.07, 6.45) is 4.37. The summed E-state index contributed by atoms with van der Waals surface area (Å²) in [7, 11) is 3.98. The maximum atomic E-state index is 14.2. The van der Waals surface area contributed by atoms with E-state index in [2.05, 4.69) is 26.6 Å². The zero-order valence-electron chi connectivity index (χ0n) is 47.3. The van der Waals surface area contributed by atoms with Gasteiger partial charge in [-0.15, -0.1) is 0 Å². The van der Waals surface area contributed by atoms with E-state index in [0.717, 1.165) is 6.07 Å². The van der Waals surface area contributed by atoms with Crippen molar-refractivity contribution in [3.8, 4) is 34.5 Å². The SMILES string of the molecule is COc1ccc(NC(=O)[C@H](CCCCN)NC(=O)c2cc(NC(=O)[C@H](CCCCN)NC(=O)c3cc(OC(=O)[C@H](CCCCN)NC(=O)c4cc(OC(=O)[C@@H](N)CCCCN)ccc4OCC(=O)O)ccc3OC)ccc2OC)cc1C(N)=O. The third kappa shape index (κ3) is 21.1. The van der Waals surface area contributed by atoms with Crippen molar-refractivity contribution < 1.29 is 76.7 Å². The Morgan fingerprint density at radius 1 is 0.464 bits per heavy atom. The Labute approximate surface area is 485 Å². The number of primary amides is 1. The highest BCUT2D eigenvalue weighted by atomic mass is 16.5. The van der Waals surface area contributed by atoms with Gasteiger partial charge in [-0.25, -0.2) is 14.4 Å². The molecule has 0 spiro atoms. The van der Waals surface area contributed by atoms with Gasteiger partial charge in [0.15, 0.2) is 6.61 Å². The third-order valence-electron chi connectivity index (χ3n) is 12.8. The van der Waals surface area contributed by atoms with E-state index < -0.39 is 84.1 Å². The monoisotopic (exact) mass is 1170 g/mol. The Morgan fingerprint density at radius 2 is 0.833 bits per heavy atom. The van der Waals surface area contributed by atoms with Gasteiger partial charge >= 0.3 is 17.9 Å². The summed E-state index contributed by atoms with van der Waals surface area (Å²) in [6.45, 7) is 0.419. The topological polar surface area (TPSA) is 446 Å². The molecule has 4 rings (SSSR count). The van der Waals surface area contributed by atoms with E-state index >= 15 is 0 Å². The maximum absolute atomic E-state index is 14.2. The Balaban J connectivity index is 1.57. The van der Waals surface area contributed by atoms with Crippen LogP contribution in [-0.2, 0) is 24.0 Å². The minimum absolute atomic E-state index is 0.00257. The van der Waals surface area contributed by atoms with Gasteiger partial charge in [-0.2, -0.15) is 0 Å². The van der Waals surface area contributed by atoms with Crippen LogP contribution in [-0.4, -0.2) is 137 Å². The molecule has 84 heavy (non-hydrogen) atoms. The van der Waals surface area contributed by atoms with Crippen LogP contribution in [0.15, 0.2) is 72.8 Å². The fraction of sp³-hybridized carbons (Fsp3) is 0.421. The minimum atomic E-state index is -1.37. The Hall–Kier alpha value is -8.89. The number of ether oxygens (including phenoxy) is 6. The summed E-state index contributed by atoms with van der Waals surface area (Å²) in [4.78, 5) is 120. The highest BCUT2D eigenvalue weighted by Gasteiger charge is 2.30. The van der Waals surface area contributed by atoms with Crippen LogP contribution in [0.25, 0.3) is 0 Å². The first-order chi connectivity index (χ1) is 40.3. The fourth-order valence-corrected chi connectivity index (χ4v) is 8.32. The zero-order valence-corrected chi connectivity index (χ0v) is 47.3. The number of carboxylic acid groups (broad SMARTS) is 1. The first-order valence-corrected chi connectivity index (χ1v) is 27.2.